The molecule has 0 bridgehead atoms. The summed E-state index contributed by atoms with van der Waals surface area (Å²) in [5.41, 5.74) is -2.27. The van der Waals surface area contributed by atoms with Gasteiger partial charge in [-0.15, -0.1) is 0 Å². The number of carbonyl (C=O) groups is 1. The summed E-state index contributed by atoms with van der Waals surface area (Å²) < 4.78 is 57.3. The van der Waals surface area contributed by atoms with Crippen molar-refractivity contribution in [2.45, 2.75) is 12.7 Å². The van der Waals surface area contributed by atoms with Gasteiger partial charge in [0.15, 0.2) is 0 Å². The zero-order valence-electron chi connectivity index (χ0n) is 10.5. The Balaban J connectivity index is 2.05. The summed E-state index contributed by atoms with van der Waals surface area (Å²) in [6.07, 6.45) is -2.23. The fourth-order valence-electron chi connectivity index (χ4n) is 1.57. The largest absolute Gasteiger partial charge is 0.460 e. The van der Waals surface area contributed by atoms with E-state index in [0.29, 0.717) is 6.07 Å². The van der Waals surface area contributed by atoms with Crippen LogP contribution >= 0.6 is 0 Å². The van der Waals surface area contributed by atoms with E-state index in [9.17, 15) is 22.4 Å². The Kier molecular flexibility index (Phi) is 4.20. The SMILES string of the molecule is O=C(OCCn1cncn1)c1cccc(C(F)(F)F)c1F. The quantitative estimate of drug-likeness (QED) is 0.642. The maximum absolute atomic E-state index is 13.7. The Bertz CT molecular complexity index is 626. The third kappa shape index (κ3) is 3.56. The lowest BCUT2D eigenvalue weighted by atomic mass is 10.1. The van der Waals surface area contributed by atoms with Crippen LogP contribution in [0.2, 0.25) is 0 Å². The summed E-state index contributed by atoms with van der Waals surface area (Å²) in [6, 6.07) is 2.43. The normalized spacial score (nSPS) is 11.4. The number of rotatable bonds is 4. The number of hydrogen-bond acceptors (Lipinski definition) is 4. The van der Waals surface area contributed by atoms with E-state index in [4.69, 9.17) is 4.74 Å². The van der Waals surface area contributed by atoms with E-state index in [1.807, 2.05) is 0 Å². The van der Waals surface area contributed by atoms with Crippen LogP contribution in [0.15, 0.2) is 30.9 Å². The number of halogens is 4. The second-order valence-corrected chi connectivity index (χ2v) is 3.96. The lowest BCUT2D eigenvalue weighted by molar-refractivity contribution is -0.140. The third-order valence-electron chi connectivity index (χ3n) is 2.54. The molecule has 9 heteroatoms. The van der Waals surface area contributed by atoms with E-state index in [2.05, 4.69) is 10.1 Å². The van der Waals surface area contributed by atoms with Gasteiger partial charge in [-0.05, 0) is 12.1 Å². The van der Waals surface area contributed by atoms with Gasteiger partial charge in [0, 0.05) is 0 Å². The standard InChI is InChI=1S/C12H9F4N3O2/c13-10-8(2-1-3-9(10)12(14,15)16)11(20)21-5-4-19-7-17-6-18-19/h1-3,6-7H,4-5H2. The molecule has 0 aliphatic carbocycles. The predicted octanol–water partition coefficient (Wildman–Crippen LogP) is 2.29. The summed E-state index contributed by atoms with van der Waals surface area (Å²) in [4.78, 5) is 15.3. The van der Waals surface area contributed by atoms with Crippen LogP contribution in [0.1, 0.15) is 15.9 Å². The predicted molar refractivity (Wildman–Crippen MR) is 61.7 cm³/mol. The zero-order valence-corrected chi connectivity index (χ0v) is 10.5. The Morgan fingerprint density at radius 3 is 2.71 bits per heavy atom. The highest BCUT2D eigenvalue weighted by atomic mass is 19.4. The van der Waals surface area contributed by atoms with Crippen LogP contribution in [-0.2, 0) is 17.5 Å². The summed E-state index contributed by atoms with van der Waals surface area (Å²) in [6.45, 7) is -0.00972. The van der Waals surface area contributed by atoms with E-state index < -0.39 is 29.1 Å². The fourth-order valence-corrected chi connectivity index (χ4v) is 1.57. The van der Waals surface area contributed by atoms with E-state index in [0.717, 1.165) is 12.1 Å². The van der Waals surface area contributed by atoms with Crippen LogP contribution in [0.4, 0.5) is 17.6 Å². The molecule has 0 N–H and O–H groups in total. The van der Waals surface area contributed by atoms with Crippen molar-refractivity contribution in [2.75, 3.05) is 6.61 Å². The summed E-state index contributed by atoms with van der Waals surface area (Å²) in [5.74, 6) is -2.81. The Morgan fingerprint density at radius 2 is 2.10 bits per heavy atom. The fraction of sp³-hybridized carbons (Fsp3) is 0.250. The number of aromatic nitrogens is 3. The molecule has 2 aromatic rings. The van der Waals surface area contributed by atoms with E-state index in [-0.39, 0.29) is 13.2 Å². The molecule has 0 saturated heterocycles. The minimum absolute atomic E-state index is 0.159. The molecular weight excluding hydrogens is 294 g/mol. The van der Waals surface area contributed by atoms with Crippen LogP contribution < -0.4 is 0 Å². The lowest BCUT2D eigenvalue weighted by Gasteiger charge is -2.11. The average molecular weight is 303 g/mol. The van der Waals surface area contributed by atoms with Crippen molar-refractivity contribution >= 4 is 5.97 Å². The molecule has 0 fully saturated rings. The Morgan fingerprint density at radius 1 is 1.33 bits per heavy atom. The van der Waals surface area contributed by atoms with Gasteiger partial charge in [-0.25, -0.2) is 18.9 Å². The Labute approximate surface area is 116 Å². The second kappa shape index (κ2) is 5.90. The molecule has 112 valence electrons. The average Bonchev–Trinajstić information content (AvgIpc) is 2.90. The molecular formula is C12H9F4N3O2. The first-order chi connectivity index (χ1) is 9.89. The molecule has 0 radical (unpaired) electrons. The molecule has 5 nitrogen and oxygen atoms in total. The number of nitrogens with zero attached hydrogens (tertiary/aromatic N) is 3. The molecule has 0 spiro atoms. The highest BCUT2D eigenvalue weighted by Gasteiger charge is 2.35. The molecule has 0 atom stereocenters. The Hall–Kier alpha value is -2.45. The summed E-state index contributed by atoms with van der Waals surface area (Å²) in [7, 11) is 0. The minimum Gasteiger partial charge on any atom is -0.460 e. The van der Waals surface area contributed by atoms with Crippen LogP contribution in [-0.4, -0.2) is 27.3 Å². The van der Waals surface area contributed by atoms with E-state index in [1.54, 1.807) is 0 Å². The van der Waals surface area contributed by atoms with E-state index >= 15 is 0 Å². The maximum Gasteiger partial charge on any atom is 0.419 e. The zero-order chi connectivity index (χ0) is 15.5. The second-order valence-electron chi connectivity index (χ2n) is 3.96. The molecule has 1 heterocycles. The van der Waals surface area contributed by atoms with Crippen molar-refractivity contribution in [3.63, 3.8) is 0 Å². The first-order valence-electron chi connectivity index (χ1n) is 5.75. The number of esters is 1. The van der Waals surface area contributed by atoms with Gasteiger partial charge in [0.25, 0.3) is 0 Å². The van der Waals surface area contributed by atoms with Gasteiger partial charge >= 0.3 is 12.1 Å². The highest BCUT2D eigenvalue weighted by molar-refractivity contribution is 5.90. The van der Waals surface area contributed by atoms with E-state index in [1.165, 1.54) is 17.3 Å². The molecule has 1 aromatic heterocycles. The molecule has 0 amide bonds. The lowest BCUT2D eigenvalue weighted by Crippen LogP contribution is -2.16. The van der Waals surface area contributed by atoms with Gasteiger partial charge in [-0.3, -0.25) is 0 Å². The van der Waals surface area contributed by atoms with Crippen molar-refractivity contribution in [3.05, 3.63) is 47.8 Å². The number of alkyl halides is 3. The van der Waals surface area contributed by atoms with Gasteiger partial charge in [0.1, 0.15) is 25.1 Å². The summed E-state index contributed by atoms with van der Waals surface area (Å²) in [5, 5.41) is 3.74. The van der Waals surface area contributed by atoms with Crippen molar-refractivity contribution in [1.82, 2.24) is 14.8 Å². The van der Waals surface area contributed by atoms with Gasteiger partial charge in [-0.2, -0.15) is 18.3 Å². The number of carbonyl (C=O) groups excluding carboxylic acids is 1. The van der Waals surface area contributed by atoms with Gasteiger partial charge < -0.3 is 4.74 Å². The van der Waals surface area contributed by atoms with Crippen molar-refractivity contribution in [2.24, 2.45) is 0 Å². The van der Waals surface area contributed by atoms with Crippen LogP contribution in [0.3, 0.4) is 0 Å². The van der Waals surface area contributed by atoms with Crippen LogP contribution in [0, 0.1) is 5.82 Å². The molecule has 0 aliphatic heterocycles. The molecule has 0 aliphatic rings. The third-order valence-corrected chi connectivity index (χ3v) is 2.54. The number of hydrogen-bond donors (Lipinski definition) is 0. The first-order valence-corrected chi connectivity index (χ1v) is 5.75. The number of ether oxygens (including phenoxy) is 1. The van der Waals surface area contributed by atoms with Crippen LogP contribution in [0.25, 0.3) is 0 Å². The molecule has 0 unspecified atom stereocenters. The van der Waals surface area contributed by atoms with Crippen molar-refractivity contribution in [3.8, 4) is 0 Å². The smallest absolute Gasteiger partial charge is 0.419 e. The minimum atomic E-state index is -4.87. The van der Waals surface area contributed by atoms with Gasteiger partial charge in [0.05, 0.1) is 17.7 Å². The first kappa shape index (κ1) is 14.9. The molecule has 2 rings (SSSR count). The topological polar surface area (TPSA) is 57.0 Å². The van der Waals surface area contributed by atoms with Crippen molar-refractivity contribution in [1.29, 1.82) is 0 Å². The molecule has 0 saturated carbocycles. The maximum atomic E-state index is 13.7. The number of benzene rings is 1. The van der Waals surface area contributed by atoms with Crippen LogP contribution in [0.5, 0.6) is 0 Å². The molecule has 21 heavy (non-hydrogen) atoms. The summed E-state index contributed by atoms with van der Waals surface area (Å²) >= 11 is 0. The molecule has 1 aromatic carbocycles. The monoisotopic (exact) mass is 303 g/mol. The van der Waals surface area contributed by atoms with Gasteiger partial charge in [0.2, 0.25) is 0 Å². The van der Waals surface area contributed by atoms with Crippen molar-refractivity contribution < 1.29 is 27.1 Å². The highest BCUT2D eigenvalue weighted by Crippen LogP contribution is 2.32. The van der Waals surface area contributed by atoms with Gasteiger partial charge in [-0.1, -0.05) is 6.07 Å².